The van der Waals surface area contributed by atoms with Gasteiger partial charge in [0.15, 0.2) is 6.10 Å². The number of rotatable bonds is 5. The zero-order valence-corrected chi connectivity index (χ0v) is 9.78. The molecule has 0 aliphatic carbocycles. The van der Waals surface area contributed by atoms with E-state index in [9.17, 15) is 4.79 Å². The fourth-order valence-corrected chi connectivity index (χ4v) is 1.05. The zero-order valence-electron chi connectivity index (χ0n) is 9.78. The topological polar surface area (TPSA) is 123 Å². The Morgan fingerprint density at radius 1 is 1.39 bits per heavy atom. The lowest BCUT2D eigenvalue weighted by atomic mass is 10.2. The first-order chi connectivity index (χ1) is 8.49. The number of carbonyl (C=O) groups is 1. The Morgan fingerprint density at radius 3 is 2.50 bits per heavy atom. The van der Waals surface area contributed by atoms with Gasteiger partial charge in [0.05, 0.1) is 6.21 Å². The maximum Gasteiger partial charge on any atom is 0.344 e. The van der Waals surface area contributed by atoms with E-state index < -0.39 is 12.1 Å². The molecular weight excluding hydrogens is 236 g/mol. The van der Waals surface area contributed by atoms with Gasteiger partial charge in [0, 0.05) is 0 Å². The number of carboxylic acid groups (broad SMARTS) is 1. The summed E-state index contributed by atoms with van der Waals surface area (Å²) in [6.45, 7) is 1.45. The summed E-state index contributed by atoms with van der Waals surface area (Å²) in [5.74, 6) is -0.682. The lowest BCUT2D eigenvalue weighted by Crippen LogP contribution is -2.22. The predicted molar refractivity (Wildman–Crippen MR) is 67.6 cm³/mol. The van der Waals surface area contributed by atoms with E-state index in [-0.39, 0.29) is 5.96 Å². The van der Waals surface area contributed by atoms with Crippen LogP contribution < -0.4 is 16.2 Å². The van der Waals surface area contributed by atoms with Gasteiger partial charge in [0.1, 0.15) is 5.75 Å². The van der Waals surface area contributed by atoms with Crippen LogP contribution in [0, 0.1) is 0 Å². The van der Waals surface area contributed by atoms with Crippen molar-refractivity contribution in [2.75, 3.05) is 0 Å². The van der Waals surface area contributed by atoms with Crippen LogP contribution in [0.15, 0.2) is 34.5 Å². The summed E-state index contributed by atoms with van der Waals surface area (Å²) >= 11 is 0. The van der Waals surface area contributed by atoms with Gasteiger partial charge >= 0.3 is 5.97 Å². The molecule has 7 nitrogen and oxygen atoms in total. The predicted octanol–water partition coefficient (Wildman–Crippen LogP) is 0.146. The SMILES string of the molecule is CC(Oc1ccc(C=NN=C(N)N)cc1)C(=O)O. The van der Waals surface area contributed by atoms with Gasteiger partial charge in [-0.15, -0.1) is 5.10 Å². The van der Waals surface area contributed by atoms with E-state index in [1.807, 2.05) is 0 Å². The van der Waals surface area contributed by atoms with Gasteiger partial charge in [-0.1, -0.05) is 0 Å². The summed E-state index contributed by atoms with van der Waals surface area (Å²) in [4.78, 5) is 10.6. The van der Waals surface area contributed by atoms with E-state index in [1.54, 1.807) is 24.3 Å². The maximum absolute atomic E-state index is 10.6. The molecule has 0 bridgehead atoms. The Kier molecular flexibility index (Phi) is 4.67. The summed E-state index contributed by atoms with van der Waals surface area (Å²) in [6.07, 6.45) is 0.565. The number of hydrogen-bond acceptors (Lipinski definition) is 4. The van der Waals surface area contributed by atoms with E-state index in [0.29, 0.717) is 5.75 Å². The smallest absolute Gasteiger partial charge is 0.344 e. The second-order valence-electron chi connectivity index (χ2n) is 3.44. The second kappa shape index (κ2) is 6.24. The van der Waals surface area contributed by atoms with Crippen molar-refractivity contribution in [2.45, 2.75) is 13.0 Å². The zero-order chi connectivity index (χ0) is 13.5. The standard InChI is InChI=1S/C11H14N4O3/c1-7(10(16)17)18-9-4-2-8(3-5-9)6-14-15-11(12)13/h2-7H,1H3,(H,16,17)(H4,12,13,15). The third-order valence-electron chi connectivity index (χ3n) is 1.92. The van der Waals surface area contributed by atoms with Crippen LogP contribution in [-0.2, 0) is 4.79 Å². The van der Waals surface area contributed by atoms with Crippen LogP contribution in [-0.4, -0.2) is 29.4 Å². The number of nitrogens with zero attached hydrogens (tertiary/aromatic N) is 2. The number of hydrogen-bond donors (Lipinski definition) is 3. The Morgan fingerprint density at radius 2 is 2.00 bits per heavy atom. The minimum absolute atomic E-state index is 0.124. The first-order valence-corrected chi connectivity index (χ1v) is 5.10. The minimum atomic E-state index is -1.02. The van der Waals surface area contributed by atoms with E-state index in [0.717, 1.165) is 5.56 Å². The molecule has 5 N–H and O–H groups in total. The molecule has 0 aromatic heterocycles. The van der Waals surface area contributed by atoms with Gasteiger partial charge in [0.25, 0.3) is 0 Å². The van der Waals surface area contributed by atoms with E-state index >= 15 is 0 Å². The molecule has 1 rings (SSSR count). The van der Waals surface area contributed by atoms with Crippen molar-refractivity contribution in [1.82, 2.24) is 0 Å². The van der Waals surface area contributed by atoms with Gasteiger partial charge in [-0.05, 0) is 36.8 Å². The molecule has 1 unspecified atom stereocenters. The molecular formula is C11H14N4O3. The van der Waals surface area contributed by atoms with Gasteiger partial charge in [-0.2, -0.15) is 5.10 Å². The molecule has 1 aromatic carbocycles. The third-order valence-corrected chi connectivity index (χ3v) is 1.92. The van der Waals surface area contributed by atoms with Crippen molar-refractivity contribution in [3.63, 3.8) is 0 Å². The highest BCUT2D eigenvalue weighted by atomic mass is 16.5. The quantitative estimate of drug-likeness (QED) is 0.390. The maximum atomic E-state index is 10.6. The Hall–Kier alpha value is -2.57. The summed E-state index contributed by atoms with van der Waals surface area (Å²) in [5, 5.41) is 15.8. The lowest BCUT2D eigenvalue weighted by molar-refractivity contribution is -0.144. The largest absolute Gasteiger partial charge is 0.479 e. The fourth-order valence-electron chi connectivity index (χ4n) is 1.05. The average Bonchev–Trinajstić information content (AvgIpc) is 2.30. The lowest BCUT2D eigenvalue weighted by Gasteiger charge is -2.09. The van der Waals surface area contributed by atoms with E-state index in [4.69, 9.17) is 21.3 Å². The van der Waals surface area contributed by atoms with Crippen LogP contribution in [0.3, 0.4) is 0 Å². The molecule has 0 fully saturated rings. The summed E-state index contributed by atoms with van der Waals surface area (Å²) in [5.41, 5.74) is 11.0. The normalized spacial score (nSPS) is 12.1. The van der Waals surface area contributed by atoms with Gasteiger partial charge in [-0.3, -0.25) is 0 Å². The van der Waals surface area contributed by atoms with Crippen LogP contribution in [0.5, 0.6) is 5.75 Å². The summed E-state index contributed by atoms with van der Waals surface area (Å²) in [6, 6.07) is 6.68. The van der Waals surface area contributed by atoms with Crippen LogP contribution in [0.2, 0.25) is 0 Å². The molecule has 7 heteroatoms. The Balaban J connectivity index is 2.66. The fraction of sp³-hybridized carbons (Fsp3) is 0.182. The molecule has 0 radical (unpaired) electrons. The first-order valence-electron chi connectivity index (χ1n) is 5.10. The van der Waals surface area contributed by atoms with Gasteiger partial charge in [0.2, 0.25) is 5.96 Å². The van der Waals surface area contributed by atoms with Crippen molar-refractivity contribution in [2.24, 2.45) is 21.7 Å². The van der Waals surface area contributed by atoms with Gasteiger partial charge in [-0.25, -0.2) is 4.79 Å². The highest BCUT2D eigenvalue weighted by molar-refractivity contribution is 5.81. The molecule has 0 amide bonds. The van der Waals surface area contributed by atoms with Crippen molar-refractivity contribution in [1.29, 1.82) is 0 Å². The second-order valence-corrected chi connectivity index (χ2v) is 3.44. The van der Waals surface area contributed by atoms with Crippen molar-refractivity contribution < 1.29 is 14.6 Å². The number of guanidine groups is 1. The third kappa shape index (κ3) is 4.52. The van der Waals surface area contributed by atoms with Crippen molar-refractivity contribution in [3.8, 4) is 5.75 Å². The minimum Gasteiger partial charge on any atom is -0.479 e. The average molecular weight is 250 g/mol. The molecule has 0 aliphatic rings. The molecule has 1 atom stereocenters. The van der Waals surface area contributed by atoms with Crippen LogP contribution in [0.4, 0.5) is 0 Å². The number of benzene rings is 1. The van der Waals surface area contributed by atoms with E-state index in [1.165, 1.54) is 13.1 Å². The highest BCUT2D eigenvalue weighted by Gasteiger charge is 2.11. The van der Waals surface area contributed by atoms with Crippen molar-refractivity contribution >= 4 is 18.1 Å². The number of nitrogens with two attached hydrogens (primary N) is 2. The number of aliphatic carboxylic acids is 1. The molecule has 1 aromatic rings. The molecule has 0 heterocycles. The molecule has 96 valence electrons. The summed E-state index contributed by atoms with van der Waals surface area (Å²) < 4.78 is 5.16. The highest BCUT2D eigenvalue weighted by Crippen LogP contribution is 2.13. The van der Waals surface area contributed by atoms with Crippen LogP contribution in [0.25, 0.3) is 0 Å². The van der Waals surface area contributed by atoms with Gasteiger partial charge < -0.3 is 21.3 Å². The Bertz CT molecular complexity index is 464. The molecule has 0 spiro atoms. The Labute approximate surface area is 104 Å². The number of carboxylic acids is 1. The first kappa shape index (κ1) is 13.5. The number of ether oxygens (including phenoxy) is 1. The molecule has 0 saturated carbocycles. The van der Waals surface area contributed by atoms with Crippen LogP contribution in [0.1, 0.15) is 12.5 Å². The van der Waals surface area contributed by atoms with Crippen LogP contribution >= 0.6 is 0 Å². The monoisotopic (exact) mass is 250 g/mol. The molecule has 0 saturated heterocycles. The molecule has 18 heavy (non-hydrogen) atoms. The summed E-state index contributed by atoms with van der Waals surface area (Å²) in [7, 11) is 0. The van der Waals surface area contributed by atoms with E-state index in [2.05, 4.69) is 10.2 Å². The molecule has 0 aliphatic heterocycles. The van der Waals surface area contributed by atoms with Crippen molar-refractivity contribution in [3.05, 3.63) is 29.8 Å².